The average molecular weight is 164 g/mol. The monoisotopic (exact) mass is 164 g/mol. The lowest BCUT2D eigenvalue weighted by atomic mass is 10.4. The zero-order valence-electron chi connectivity index (χ0n) is 6.54. The third kappa shape index (κ3) is 8.86. The summed E-state index contributed by atoms with van der Waals surface area (Å²) in [7, 11) is 2.54. The van der Waals surface area contributed by atoms with Crippen LogP contribution < -0.4 is 0 Å². The zero-order chi connectivity index (χ0) is 6.95. The summed E-state index contributed by atoms with van der Waals surface area (Å²) in [6.07, 6.45) is 7.19. The fraction of sp³-hybridized carbons (Fsp3) is 1.00. The van der Waals surface area contributed by atoms with Gasteiger partial charge in [0.1, 0.15) is 0 Å². The lowest BCUT2D eigenvalue weighted by Gasteiger charge is -1.97. The van der Waals surface area contributed by atoms with Gasteiger partial charge in [-0.05, 0) is 18.7 Å². The van der Waals surface area contributed by atoms with Gasteiger partial charge in [-0.25, -0.2) is 0 Å². The standard InChI is InChI=1S/C7H18P2/c1-3-5-7-9-8-6-4-2/h8-9H,3-7H2,1-2H3. The van der Waals surface area contributed by atoms with Crippen molar-refractivity contribution >= 4 is 16.5 Å². The van der Waals surface area contributed by atoms with Gasteiger partial charge in [0.2, 0.25) is 0 Å². The highest BCUT2D eigenvalue weighted by atomic mass is 32.0. The van der Waals surface area contributed by atoms with Gasteiger partial charge < -0.3 is 0 Å². The van der Waals surface area contributed by atoms with Crippen molar-refractivity contribution in [1.29, 1.82) is 0 Å². The molecule has 0 aromatic heterocycles. The van der Waals surface area contributed by atoms with E-state index in [2.05, 4.69) is 13.8 Å². The average Bonchev–Trinajstić information content (AvgIpc) is 1.89. The van der Waals surface area contributed by atoms with Crippen LogP contribution in [0.5, 0.6) is 0 Å². The Bertz CT molecular complexity index is 40.2. The highest BCUT2D eigenvalue weighted by Gasteiger charge is 1.84. The Hall–Kier alpha value is 0.860. The van der Waals surface area contributed by atoms with Crippen molar-refractivity contribution in [2.24, 2.45) is 0 Å². The summed E-state index contributed by atoms with van der Waals surface area (Å²) in [4.78, 5) is 0. The van der Waals surface area contributed by atoms with Gasteiger partial charge in [0.25, 0.3) is 0 Å². The van der Waals surface area contributed by atoms with Crippen LogP contribution in [0.4, 0.5) is 0 Å². The summed E-state index contributed by atoms with van der Waals surface area (Å²) in [6.45, 7) is 4.55. The molecular formula is C7H18P2. The molecule has 0 rings (SSSR count). The van der Waals surface area contributed by atoms with E-state index < -0.39 is 0 Å². The molecule has 0 aromatic rings. The van der Waals surface area contributed by atoms with Gasteiger partial charge in [0, 0.05) is 0 Å². The minimum Gasteiger partial charge on any atom is -0.0993 e. The van der Waals surface area contributed by atoms with Crippen LogP contribution in [0.1, 0.15) is 33.1 Å². The minimum atomic E-state index is 1.27. The Labute approximate surface area is 62.7 Å². The molecule has 0 aliphatic rings. The van der Waals surface area contributed by atoms with Crippen LogP contribution in [0.3, 0.4) is 0 Å². The molecule has 0 amide bonds. The molecule has 0 aromatic carbocycles. The molecule has 0 aliphatic heterocycles. The fourth-order valence-corrected chi connectivity index (χ4v) is 4.04. The predicted octanol–water partition coefficient (Wildman–Crippen LogP) is 3.47. The van der Waals surface area contributed by atoms with Crippen LogP contribution in [-0.2, 0) is 0 Å². The van der Waals surface area contributed by atoms with Gasteiger partial charge in [-0.1, -0.05) is 43.2 Å². The van der Waals surface area contributed by atoms with E-state index in [0.717, 1.165) is 0 Å². The van der Waals surface area contributed by atoms with Crippen LogP contribution >= 0.6 is 16.5 Å². The maximum Gasteiger partial charge on any atom is -0.0317 e. The first kappa shape index (κ1) is 9.86. The predicted molar refractivity (Wildman–Crippen MR) is 51.6 cm³/mol. The van der Waals surface area contributed by atoms with E-state index in [4.69, 9.17) is 0 Å². The molecule has 0 bridgehead atoms. The van der Waals surface area contributed by atoms with Crippen molar-refractivity contribution in [2.75, 3.05) is 12.3 Å². The molecular weight excluding hydrogens is 146 g/mol. The number of unbranched alkanes of at least 4 members (excludes halogenated alkanes) is 1. The molecule has 2 atom stereocenters. The van der Waals surface area contributed by atoms with Crippen LogP contribution in [0.2, 0.25) is 0 Å². The topological polar surface area (TPSA) is 0 Å². The summed E-state index contributed by atoms with van der Waals surface area (Å²) < 4.78 is 0. The van der Waals surface area contributed by atoms with Crippen LogP contribution in [0, 0.1) is 0 Å². The molecule has 0 radical (unpaired) electrons. The lowest BCUT2D eigenvalue weighted by Crippen LogP contribution is -1.70. The van der Waals surface area contributed by atoms with Crippen molar-refractivity contribution in [3.05, 3.63) is 0 Å². The first-order chi connectivity index (χ1) is 4.41. The second kappa shape index (κ2) is 8.86. The van der Waals surface area contributed by atoms with E-state index in [1.165, 1.54) is 48.1 Å². The van der Waals surface area contributed by atoms with E-state index in [1.54, 1.807) is 0 Å². The summed E-state index contributed by atoms with van der Waals surface area (Å²) in [5.74, 6) is 0. The Morgan fingerprint density at radius 1 is 0.889 bits per heavy atom. The van der Waals surface area contributed by atoms with Gasteiger partial charge in [-0.3, -0.25) is 0 Å². The summed E-state index contributed by atoms with van der Waals surface area (Å²) >= 11 is 0. The van der Waals surface area contributed by atoms with E-state index in [1.807, 2.05) is 0 Å². The maximum atomic E-state index is 2.28. The van der Waals surface area contributed by atoms with Crippen molar-refractivity contribution in [2.45, 2.75) is 33.1 Å². The highest BCUT2D eigenvalue weighted by molar-refractivity contribution is 8.11. The fourth-order valence-electron chi connectivity index (χ4n) is 0.567. The van der Waals surface area contributed by atoms with Gasteiger partial charge in [0.05, 0.1) is 0 Å². The van der Waals surface area contributed by atoms with Gasteiger partial charge in [-0.2, -0.15) is 0 Å². The smallest absolute Gasteiger partial charge is 0.0317 e. The molecule has 0 fully saturated rings. The third-order valence-corrected chi connectivity index (χ3v) is 5.01. The minimum absolute atomic E-state index is 1.27. The first-order valence-corrected chi connectivity index (χ1v) is 7.29. The maximum absolute atomic E-state index is 2.28. The molecule has 0 spiro atoms. The molecule has 0 nitrogen and oxygen atoms in total. The Morgan fingerprint density at radius 3 is 2.11 bits per heavy atom. The molecule has 0 saturated heterocycles. The lowest BCUT2D eigenvalue weighted by molar-refractivity contribution is 0.896. The molecule has 2 heteroatoms. The molecule has 0 saturated carbocycles. The second-order valence-corrected chi connectivity index (χ2v) is 6.04. The Morgan fingerprint density at radius 2 is 1.56 bits per heavy atom. The van der Waals surface area contributed by atoms with Crippen LogP contribution in [0.25, 0.3) is 0 Å². The Balaban J connectivity index is 2.60. The number of hydrogen-bond donors (Lipinski definition) is 0. The molecule has 56 valence electrons. The molecule has 0 heterocycles. The summed E-state index contributed by atoms with van der Waals surface area (Å²) in [6, 6.07) is 0. The first-order valence-electron chi connectivity index (χ1n) is 3.87. The second-order valence-electron chi connectivity index (χ2n) is 2.21. The quantitative estimate of drug-likeness (QED) is 0.416. The summed E-state index contributed by atoms with van der Waals surface area (Å²) in [5, 5.41) is 0. The van der Waals surface area contributed by atoms with Gasteiger partial charge in [0.15, 0.2) is 0 Å². The molecule has 2 unspecified atom stereocenters. The number of hydrogen-bond acceptors (Lipinski definition) is 0. The SMILES string of the molecule is CCCCPPCCC. The zero-order valence-corrected chi connectivity index (χ0v) is 8.54. The van der Waals surface area contributed by atoms with Crippen molar-refractivity contribution in [3.63, 3.8) is 0 Å². The number of rotatable bonds is 6. The van der Waals surface area contributed by atoms with E-state index in [0.29, 0.717) is 0 Å². The van der Waals surface area contributed by atoms with Crippen molar-refractivity contribution in [1.82, 2.24) is 0 Å². The van der Waals surface area contributed by atoms with E-state index >= 15 is 0 Å². The molecule has 0 N–H and O–H groups in total. The normalized spacial score (nSPS) is 12.7. The molecule has 0 aliphatic carbocycles. The van der Waals surface area contributed by atoms with Gasteiger partial charge >= 0.3 is 0 Å². The van der Waals surface area contributed by atoms with Gasteiger partial charge in [-0.15, -0.1) is 0 Å². The highest BCUT2D eigenvalue weighted by Crippen LogP contribution is 2.37. The molecule has 9 heavy (non-hydrogen) atoms. The van der Waals surface area contributed by atoms with Crippen LogP contribution in [-0.4, -0.2) is 12.3 Å². The van der Waals surface area contributed by atoms with E-state index in [9.17, 15) is 0 Å². The Kier molecular flexibility index (Phi) is 9.71. The van der Waals surface area contributed by atoms with Crippen molar-refractivity contribution in [3.8, 4) is 0 Å². The van der Waals surface area contributed by atoms with Crippen LogP contribution in [0.15, 0.2) is 0 Å². The van der Waals surface area contributed by atoms with Crippen molar-refractivity contribution < 1.29 is 0 Å². The van der Waals surface area contributed by atoms with E-state index in [-0.39, 0.29) is 0 Å². The summed E-state index contributed by atoms with van der Waals surface area (Å²) in [5.41, 5.74) is 0. The largest absolute Gasteiger partial charge is 0.0993 e. The third-order valence-electron chi connectivity index (χ3n) is 1.16.